The van der Waals surface area contributed by atoms with Crippen LogP contribution in [0, 0.1) is 19.8 Å². The summed E-state index contributed by atoms with van der Waals surface area (Å²) in [5, 5.41) is 17.8. The van der Waals surface area contributed by atoms with Crippen molar-refractivity contribution in [2.24, 2.45) is 16.1 Å². The minimum Gasteiger partial charge on any atom is -0.508 e. The molecule has 140 valence electrons. The van der Waals surface area contributed by atoms with E-state index in [0.717, 1.165) is 5.56 Å². The number of azo groups is 1. The molecule has 0 amide bonds. The predicted molar refractivity (Wildman–Crippen MR) is 101 cm³/mol. The average Bonchev–Trinajstić information content (AvgIpc) is 2.49. The summed E-state index contributed by atoms with van der Waals surface area (Å²) in [6.07, 6.45) is 0.511. The number of nitrogen functional groups attached to an aromatic ring is 1. The molecule has 4 N–H and O–H groups in total. The highest BCUT2D eigenvalue weighted by atomic mass is 32.2. The van der Waals surface area contributed by atoms with Crippen molar-refractivity contribution in [2.75, 3.05) is 5.73 Å². The fraction of sp³-hybridized carbons (Fsp3) is 0.333. The molecule has 0 radical (unpaired) electrons. The quantitative estimate of drug-likeness (QED) is 0.403. The first-order chi connectivity index (χ1) is 12.0. The van der Waals surface area contributed by atoms with Crippen LogP contribution in [0.4, 0.5) is 17.1 Å². The zero-order chi connectivity index (χ0) is 19.6. The van der Waals surface area contributed by atoms with Gasteiger partial charge in [-0.25, -0.2) is 0 Å². The van der Waals surface area contributed by atoms with Crippen LogP contribution >= 0.6 is 0 Å². The van der Waals surface area contributed by atoms with Crippen molar-refractivity contribution in [3.8, 4) is 5.75 Å². The number of rotatable bonds is 5. The molecule has 0 aromatic heterocycles. The zero-order valence-electron chi connectivity index (χ0n) is 15.2. The summed E-state index contributed by atoms with van der Waals surface area (Å²) in [6.45, 7) is 7.42. The maximum absolute atomic E-state index is 11.7. The highest BCUT2D eigenvalue weighted by Crippen LogP contribution is 2.33. The molecule has 0 heterocycles. The van der Waals surface area contributed by atoms with Gasteiger partial charge in [0, 0.05) is 6.07 Å². The molecule has 0 aliphatic carbocycles. The van der Waals surface area contributed by atoms with Crippen LogP contribution in [0.1, 0.15) is 30.5 Å². The molecule has 7 nitrogen and oxygen atoms in total. The van der Waals surface area contributed by atoms with Crippen molar-refractivity contribution in [2.45, 2.75) is 39.0 Å². The predicted octanol–water partition coefficient (Wildman–Crippen LogP) is 4.45. The Morgan fingerprint density at radius 2 is 1.65 bits per heavy atom. The number of nitrogens with zero attached hydrogens (tertiary/aromatic N) is 2. The van der Waals surface area contributed by atoms with Gasteiger partial charge in [0.25, 0.3) is 10.1 Å². The van der Waals surface area contributed by atoms with E-state index >= 15 is 0 Å². The first kappa shape index (κ1) is 19.9. The molecular weight excluding hydrogens is 354 g/mol. The Kier molecular flexibility index (Phi) is 5.68. The smallest absolute Gasteiger partial charge is 0.294 e. The second kappa shape index (κ2) is 7.43. The largest absolute Gasteiger partial charge is 0.508 e. The molecule has 0 aliphatic heterocycles. The van der Waals surface area contributed by atoms with Crippen molar-refractivity contribution in [1.82, 2.24) is 0 Å². The fourth-order valence-electron chi connectivity index (χ4n) is 2.58. The van der Waals surface area contributed by atoms with Gasteiger partial charge in [-0.1, -0.05) is 19.9 Å². The lowest BCUT2D eigenvalue weighted by molar-refractivity contribution is 0.471. The van der Waals surface area contributed by atoms with Crippen molar-refractivity contribution in [3.05, 3.63) is 41.0 Å². The van der Waals surface area contributed by atoms with Gasteiger partial charge in [0.1, 0.15) is 11.4 Å². The van der Waals surface area contributed by atoms with Crippen molar-refractivity contribution >= 4 is 27.2 Å². The molecule has 0 saturated carbocycles. The Bertz CT molecular complexity index is 967. The third kappa shape index (κ3) is 4.59. The number of hydrogen-bond acceptors (Lipinski definition) is 6. The summed E-state index contributed by atoms with van der Waals surface area (Å²) in [5.74, 6) is 0.284. The van der Waals surface area contributed by atoms with Gasteiger partial charge in [0.2, 0.25) is 0 Å². The number of nitrogens with two attached hydrogens (primary N) is 1. The van der Waals surface area contributed by atoms with Crippen LogP contribution in [0.25, 0.3) is 0 Å². The van der Waals surface area contributed by atoms with Crippen molar-refractivity contribution in [1.29, 1.82) is 0 Å². The molecule has 0 atom stereocenters. The first-order valence-electron chi connectivity index (χ1n) is 8.11. The molecular formula is C18H23N3O4S. The maximum atomic E-state index is 11.7. The van der Waals surface area contributed by atoms with E-state index in [0.29, 0.717) is 28.9 Å². The van der Waals surface area contributed by atoms with E-state index in [1.165, 1.54) is 12.1 Å². The van der Waals surface area contributed by atoms with Gasteiger partial charge in [-0.15, -0.1) is 5.11 Å². The monoisotopic (exact) mass is 377 g/mol. The Balaban J connectivity index is 2.52. The summed E-state index contributed by atoms with van der Waals surface area (Å²) < 4.78 is 33.0. The third-order valence-electron chi connectivity index (χ3n) is 3.90. The normalized spacial score (nSPS) is 12.2. The fourth-order valence-corrected chi connectivity index (χ4v) is 3.31. The van der Waals surface area contributed by atoms with E-state index in [4.69, 9.17) is 5.73 Å². The lowest BCUT2D eigenvalue weighted by atomic mass is 10.0. The van der Waals surface area contributed by atoms with Gasteiger partial charge >= 0.3 is 0 Å². The van der Waals surface area contributed by atoms with Gasteiger partial charge in [0.05, 0.1) is 16.3 Å². The van der Waals surface area contributed by atoms with Crippen LogP contribution in [0.2, 0.25) is 0 Å². The van der Waals surface area contributed by atoms with Gasteiger partial charge in [-0.3, -0.25) is 4.55 Å². The average molecular weight is 377 g/mol. The van der Waals surface area contributed by atoms with E-state index in [9.17, 15) is 18.1 Å². The van der Waals surface area contributed by atoms with E-state index in [-0.39, 0.29) is 22.3 Å². The number of hydrogen-bond donors (Lipinski definition) is 3. The summed E-state index contributed by atoms with van der Waals surface area (Å²) in [5.41, 5.74) is 8.61. The summed E-state index contributed by atoms with van der Waals surface area (Å²) in [6, 6.07) is 5.98. The van der Waals surface area contributed by atoms with E-state index in [1.54, 1.807) is 26.0 Å². The van der Waals surface area contributed by atoms with Crippen LogP contribution in [0.5, 0.6) is 5.75 Å². The Labute approximate surface area is 153 Å². The van der Waals surface area contributed by atoms with Gasteiger partial charge in [-0.05, 0) is 55.0 Å². The molecule has 0 unspecified atom stereocenters. The first-order valence-corrected chi connectivity index (χ1v) is 9.55. The van der Waals surface area contributed by atoms with Crippen LogP contribution in [0.15, 0.2) is 39.4 Å². The Morgan fingerprint density at radius 3 is 2.23 bits per heavy atom. The minimum absolute atomic E-state index is 0.0596. The summed E-state index contributed by atoms with van der Waals surface area (Å²) in [7, 11) is -4.38. The molecule has 8 heteroatoms. The lowest BCUT2D eigenvalue weighted by Crippen LogP contribution is -2.06. The van der Waals surface area contributed by atoms with Crippen molar-refractivity contribution < 1.29 is 18.1 Å². The number of aromatic hydroxyl groups is 1. The molecule has 0 bridgehead atoms. The molecule has 2 rings (SSSR count). The third-order valence-corrected chi connectivity index (χ3v) is 4.83. The molecule has 0 spiro atoms. The Morgan fingerprint density at radius 1 is 1.04 bits per heavy atom. The Hall–Kier alpha value is -2.45. The second-order valence-electron chi connectivity index (χ2n) is 6.72. The van der Waals surface area contributed by atoms with E-state index in [2.05, 4.69) is 10.2 Å². The van der Waals surface area contributed by atoms with Gasteiger partial charge < -0.3 is 10.8 Å². The number of phenols is 1. The zero-order valence-corrected chi connectivity index (χ0v) is 16.0. The molecule has 0 fully saturated rings. The van der Waals surface area contributed by atoms with Crippen LogP contribution in [-0.4, -0.2) is 18.1 Å². The molecule has 2 aromatic rings. The highest BCUT2D eigenvalue weighted by molar-refractivity contribution is 7.85. The maximum Gasteiger partial charge on any atom is 0.294 e. The number of anilines is 1. The number of aryl methyl sites for hydroxylation is 2. The second-order valence-corrected chi connectivity index (χ2v) is 8.11. The SMILES string of the molecule is Cc1cc(/N=N/c2cc(S(=O)(=O)O)c(CC(C)C)cc2C)c(N)cc1O. The molecule has 2 aromatic carbocycles. The number of benzene rings is 2. The van der Waals surface area contributed by atoms with E-state index in [1.807, 2.05) is 13.8 Å². The van der Waals surface area contributed by atoms with E-state index < -0.39 is 10.1 Å². The highest BCUT2D eigenvalue weighted by Gasteiger charge is 2.18. The molecule has 26 heavy (non-hydrogen) atoms. The van der Waals surface area contributed by atoms with Crippen molar-refractivity contribution in [3.63, 3.8) is 0 Å². The van der Waals surface area contributed by atoms with Gasteiger partial charge in [0.15, 0.2) is 0 Å². The van der Waals surface area contributed by atoms with Crippen LogP contribution in [-0.2, 0) is 16.5 Å². The summed E-state index contributed by atoms with van der Waals surface area (Å²) >= 11 is 0. The lowest BCUT2D eigenvalue weighted by Gasteiger charge is -2.12. The topological polar surface area (TPSA) is 125 Å². The summed E-state index contributed by atoms with van der Waals surface area (Å²) in [4.78, 5) is -0.166. The van der Waals surface area contributed by atoms with Gasteiger partial charge in [-0.2, -0.15) is 13.5 Å². The number of phenolic OH excluding ortho intramolecular Hbond substituents is 1. The van der Waals surface area contributed by atoms with Crippen LogP contribution < -0.4 is 5.73 Å². The minimum atomic E-state index is -4.38. The molecule has 0 saturated heterocycles. The van der Waals surface area contributed by atoms with Crippen LogP contribution in [0.3, 0.4) is 0 Å². The molecule has 0 aliphatic rings. The standard InChI is InChI=1S/C18H23N3O4S/c1-10(2)5-13-6-11(3)15(9-18(13)26(23,24)25)20-21-16-7-12(4)17(22)8-14(16)19/h6-10,22H,5,19H2,1-4H3,(H,23,24,25)/b21-20+.